The molecule has 0 aromatic heterocycles. The van der Waals surface area contributed by atoms with Gasteiger partial charge in [0.05, 0.1) is 11.4 Å². The van der Waals surface area contributed by atoms with E-state index in [1.807, 2.05) is 13.8 Å². The van der Waals surface area contributed by atoms with Crippen molar-refractivity contribution in [3.8, 4) is 0 Å². The maximum atomic E-state index is 12.8. The zero-order valence-corrected chi connectivity index (χ0v) is 17.2. The summed E-state index contributed by atoms with van der Waals surface area (Å²) < 4.78 is 28.0. The number of amides is 1. The topological polar surface area (TPSA) is 60.9 Å². The van der Waals surface area contributed by atoms with Crippen molar-refractivity contribution >= 4 is 31.9 Å². The average Bonchev–Trinajstić information content (AvgIpc) is 2.82. The Morgan fingerprint density at radius 2 is 1.72 bits per heavy atom. The van der Waals surface area contributed by atoms with Crippen LogP contribution in [0.15, 0.2) is 33.6 Å². The first-order chi connectivity index (χ1) is 11.9. The molecule has 0 spiro atoms. The number of hydrogen-bond acceptors (Lipinski definition) is 4. The van der Waals surface area contributed by atoms with E-state index in [9.17, 15) is 13.2 Å². The predicted octanol–water partition coefficient (Wildman–Crippen LogP) is 2.01. The highest BCUT2D eigenvalue weighted by atomic mass is 79.9. The second kappa shape index (κ2) is 9.12. The summed E-state index contributed by atoms with van der Waals surface area (Å²) in [5, 5.41) is 0. The summed E-state index contributed by atoms with van der Waals surface area (Å²) in [6.45, 7) is 7.89. The molecule has 0 radical (unpaired) electrons. The van der Waals surface area contributed by atoms with E-state index in [0.717, 1.165) is 17.4 Å². The van der Waals surface area contributed by atoms with Gasteiger partial charge in [-0.3, -0.25) is 9.69 Å². The quantitative estimate of drug-likeness (QED) is 0.690. The van der Waals surface area contributed by atoms with Gasteiger partial charge < -0.3 is 4.90 Å². The van der Waals surface area contributed by atoms with E-state index in [1.165, 1.54) is 4.31 Å². The number of nitrogens with zero attached hydrogens (tertiary/aromatic N) is 3. The van der Waals surface area contributed by atoms with Crippen molar-refractivity contribution in [3.63, 3.8) is 0 Å². The molecule has 0 atom stereocenters. The van der Waals surface area contributed by atoms with Crippen LogP contribution in [0.25, 0.3) is 0 Å². The molecule has 1 aromatic rings. The summed E-state index contributed by atoms with van der Waals surface area (Å²) in [5.74, 6) is 0.106. The highest BCUT2D eigenvalue weighted by Crippen LogP contribution is 2.20. The molecular weight excluding hydrogens is 406 g/mol. The van der Waals surface area contributed by atoms with Crippen molar-refractivity contribution in [2.75, 3.05) is 45.8 Å². The van der Waals surface area contributed by atoms with Gasteiger partial charge in [-0.15, -0.1) is 0 Å². The van der Waals surface area contributed by atoms with E-state index in [-0.39, 0.29) is 5.91 Å². The molecule has 1 amide bonds. The molecule has 0 saturated carbocycles. The van der Waals surface area contributed by atoms with Crippen molar-refractivity contribution in [2.45, 2.75) is 25.2 Å². The third-order valence-corrected chi connectivity index (χ3v) is 6.92. The minimum atomic E-state index is -3.49. The van der Waals surface area contributed by atoms with Crippen molar-refractivity contribution < 1.29 is 13.2 Å². The van der Waals surface area contributed by atoms with Crippen LogP contribution in [0, 0.1) is 0 Å². The molecule has 1 saturated heterocycles. The molecular formula is C17H26BrN3O3S. The number of sulfonamides is 1. The van der Waals surface area contributed by atoms with Crippen molar-refractivity contribution in [1.29, 1.82) is 0 Å². The molecule has 2 rings (SSSR count). The van der Waals surface area contributed by atoms with Gasteiger partial charge in [0.1, 0.15) is 0 Å². The lowest BCUT2D eigenvalue weighted by molar-refractivity contribution is -0.132. The molecule has 8 heteroatoms. The van der Waals surface area contributed by atoms with Gasteiger partial charge in [0, 0.05) is 37.2 Å². The first kappa shape index (κ1) is 20.4. The Kier molecular flexibility index (Phi) is 7.42. The van der Waals surface area contributed by atoms with Crippen molar-refractivity contribution in [1.82, 2.24) is 14.1 Å². The smallest absolute Gasteiger partial charge is 0.243 e. The van der Waals surface area contributed by atoms with Crippen LogP contribution in [0.3, 0.4) is 0 Å². The standard InChI is InChI=1S/C17H26BrN3O3S/c1-3-20(4-2)17(22)14-19-10-5-11-21(13-12-19)25(23,24)16-8-6-15(18)7-9-16/h6-9H,3-5,10-14H2,1-2H3. The zero-order chi connectivity index (χ0) is 18.4. The number of halogens is 1. The molecule has 6 nitrogen and oxygen atoms in total. The van der Waals surface area contributed by atoms with E-state index >= 15 is 0 Å². The van der Waals surface area contributed by atoms with Crippen LogP contribution < -0.4 is 0 Å². The molecule has 1 fully saturated rings. The minimum Gasteiger partial charge on any atom is -0.342 e. The van der Waals surface area contributed by atoms with Gasteiger partial charge in [-0.2, -0.15) is 4.31 Å². The summed E-state index contributed by atoms with van der Waals surface area (Å²) in [5.41, 5.74) is 0. The van der Waals surface area contributed by atoms with Crippen LogP contribution in [0.2, 0.25) is 0 Å². The minimum absolute atomic E-state index is 0.106. The number of rotatable bonds is 6. The van der Waals surface area contributed by atoms with Gasteiger partial charge in [-0.25, -0.2) is 8.42 Å². The molecule has 0 aliphatic carbocycles. The fourth-order valence-corrected chi connectivity index (χ4v) is 4.70. The number of hydrogen-bond donors (Lipinski definition) is 0. The van der Waals surface area contributed by atoms with Gasteiger partial charge in [0.15, 0.2) is 0 Å². The first-order valence-corrected chi connectivity index (χ1v) is 10.9. The van der Waals surface area contributed by atoms with E-state index in [0.29, 0.717) is 44.2 Å². The second-order valence-corrected chi connectivity index (χ2v) is 8.91. The van der Waals surface area contributed by atoms with Gasteiger partial charge >= 0.3 is 0 Å². The van der Waals surface area contributed by atoms with Gasteiger partial charge in [-0.1, -0.05) is 15.9 Å². The Morgan fingerprint density at radius 3 is 2.32 bits per heavy atom. The summed E-state index contributed by atoms with van der Waals surface area (Å²) in [6, 6.07) is 6.71. The second-order valence-electron chi connectivity index (χ2n) is 6.05. The number of benzene rings is 1. The SMILES string of the molecule is CCN(CC)C(=O)CN1CCCN(S(=O)(=O)c2ccc(Br)cc2)CC1. The molecule has 1 aliphatic heterocycles. The van der Waals surface area contributed by atoms with E-state index in [2.05, 4.69) is 20.8 Å². The largest absolute Gasteiger partial charge is 0.342 e. The predicted molar refractivity (Wildman–Crippen MR) is 102 cm³/mol. The van der Waals surface area contributed by atoms with E-state index < -0.39 is 10.0 Å². The normalized spacial score (nSPS) is 17.2. The summed E-state index contributed by atoms with van der Waals surface area (Å²) in [7, 11) is -3.49. The lowest BCUT2D eigenvalue weighted by Crippen LogP contribution is -2.42. The fraction of sp³-hybridized carbons (Fsp3) is 0.588. The highest BCUT2D eigenvalue weighted by molar-refractivity contribution is 9.10. The van der Waals surface area contributed by atoms with Gasteiger partial charge in [0.2, 0.25) is 15.9 Å². The molecule has 1 aliphatic rings. The van der Waals surface area contributed by atoms with Crippen LogP contribution in [-0.2, 0) is 14.8 Å². The van der Waals surface area contributed by atoms with Crippen molar-refractivity contribution in [2.24, 2.45) is 0 Å². The summed E-state index contributed by atoms with van der Waals surface area (Å²) in [6.07, 6.45) is 0.724. The van der Waals surface area contributed by atoms with E-state index in [4.69, 9.17) is 0 Å². The van der Waals surface area contributed by atoms with Gasteiger partial charge in [0.25, 0.3) is 0 Å². The Balaban J connectivity index is 2.01. The van der Waals surface area contributed by atoms with Crippen LogP contribution in [0.5, 0.6) is 0 Å². The summed E-state index contributed by atoms with van der Waals surface area (Å²) in [4.78, 5) is 16.4. The fourth-order valence-electron chi connectivity index (χ4n) is 2.97. The maximum Gasteiger partial charge on any atom is 0.243 e. The molecule has 25 heavy (non-hydrogen) atoms. The Labute approximate surface area is 159 Å². The summed E-state index contributed by atoms with van der Waals surface area (Å²) >= 11 is 3.32. The Bertz CT molecular complexity index is 675. The first-order valence-electron chi connectivity index (χ1n) is 8.64. The Hall–Kier alpha value is -0.960. The third-order valence-electron chi connectivity index (χ3n) is 4.47. The molecule has 1 heterocycles. The van der Waals surface area contributed by atoms with E-state index in [1.54, 1.807) is 29.2 Å². The molecule has 0 bridgehead atoms. The lowest BCUT2D eigenvalue weighted by Gasteiger charge is -2.25. The third kappa shape index (κ3) is 5.26. The highest BCUT2D eigenvalue weighted by Gasteiger charge is 2.27. The average molecular weight is 432 g/mol. The zero-order valence-electron chi connectivity index (χ0n) is 14.8. The molecule has 1 aromatic carbocycles. The Morgan fingerprint density at radius 1 is 1.08 bits per heavy atom. The molecule has 140 valence electrons. The van der Waals surface area contributed by atoms with Crippen LogP contribution in [0.1, 0.15) is 20.3 Å². The molecule has 0 unspecified atom stereocenters. The van der Waals surface area contributed by atoms with Crippen molar-refractivity contribution in [3.05, 3.63) is 28.7 Å². The van der Waals surface area contributed by atoms with Gasteiger partial charge in [-0.05, 0) is 51.1 Å². The van der Waals surface area contributed by atoms with Crippen LogP contribution in [0.4, 0.5) is 0 Å². The maximum absolute atomic E-state index is 12.8. The number of likely N-dealkylation sites (N-methyl/N-ethyl adjacent to an activating group) is 1. The monoisotopic (exact) mass is 431 g/mol. The van der Waals surface area contributed by atoms with Crippen LogP contribution in [-0.4, -0.2) is 74.2 Å². The lowest BCUT2D eigenvalue weighted by atomic mass is 10.3. The van der Waals surface area contributed by atoms with Crippen LogP contribution >= 0.6 is 15.9 Å². The number of carbonyl (C=O) groups is 1. The molecule has 0 N–H and O–H groups in total. The number of carbonyl (C=O) groups excluding carboxylic acids is 1.